The van der Waals surface area contributed by atoms with Crippen LogP contribution in [0.3, 0.4) is 0 Å². The summed E-state index contributed by atoms with van der Waals surface area (Å²) >= 11 is 0. The highest BCUT2D eigenvalue weighted by molar-refractivity contribution is 7.92. The van der Waals surface area contributed by atoms with Crippen LogP contribution in [0.4, 0.5) is 11.4 Å². The second kappa shape index (κ2) is 7.91. The summed E-state index contributed by atoms with van der Waals surface area (Å²) in [5.74, 6) is -0.336. The first-order valence-corrected chi connectivity index (χ1v) is 10.4. The predicted octanol–water partition coefficient (Wildman–Crippen LogP) is 3.80. The van der Waals surface area contributed by atoms with Gasteiger partial charge in [-0.3, -0.25) is 9.10 Å². The number of benzene rings is 2. The highest BCUT2D eigenvalue weighted by Crippen LogP contribution is 2.25. The predicted molar refractivity (Wildman–Crippen MR) is 107 cm³/mol. The average Bonchev–Trinajstić information content (AvgIpc) is 2.54. The standard InChI is InChI=1S/C20H26N2O3S/c1-6-18(20(23)21-19-15(3)10-8-11-16(19)4)22(26(5,24)25)17-12-7-9-14(2)13-17/h7-13,18H,6H2,1-5H3,(H,21,23)/t18-/m1/s1. The van der Waals surface area contributed by atoms with Crippen LogP contribution < -0.4 is 9.62 Å². The first-order chi connectivity index (χ1) is 12.1. The number of anilines is 2. The van der Waals surface area contributed by atoms with Crippen molar-refractivity contribution in [3.63, 3.8) is 0 Å². The van der Waals surface area contributed by atoms with Gasteiger partial charge in [-0.2, -0.15) is 0 Å². The number of sulfonamides is 1. The molecule has 26 heavy (non-hydrogen) atoms. The van der Waals surface area contributed by atoms with Gasteiger partial charge in [-0.05, 0) is 56.0 Å². The fourth-order valence-corrected chi connectivity index (χ4v) is 4.25. The van der Waals surface area contributed by atoms with Crippen molar-refractivity contribution in [3.8, 4) is 0 Å². The molecule has 0 saturated carbocycles. The fourth-order valence-electron chi connectivity index (χ4n) is 3.04. The first-order valence-electron chi connectivity index (χ1n) is 8.58. The molecule has 0 aliphatic carbocycles. The second-order valence-corrected chi connectivity index (χ2v) is 8.44. The number of nitrogens with zero attached hydrogens (tertiary/aromatic N) is 1. The minimum Gasteiger partial charge on any atom is -0.324 e. The summed E-state index contributed by atoms with van der Waals surface area (Å²) in [7, 11) is -3.63. The van der Waals surface area contributed by atoms with Gasteiger partial charge in [0.05, 0.1) is 11.9 Å². The number of hydrogen-bond donors (Lipinski definition) is 1. The Hall–Kier alpha value is -2.34. The van der Waals surface area contributed by atoms with Crippen molar-refractivity contribution in [2.24, 2.45) is 0 Å². The van der Waals surface area contributed by atoms with Gasteiger partial charge in [0.15, 0.2) is 0 Å². The van der Waals surface area contributed by atoms with Crippen molar-refractivity contribution < 1.29 is 13.2 Å². The van der Waals surface area contributed by atoms with Crippen LogP contribution in [-0.4, -0.2) is 26.6 Å². The van der Waals surface area contributed by atoms with Crippen LogP contribution in [0.1, 0.15) is 30.0 Å². The van der Waals surface area contributed by atoms with Crippen molar-refractivity contribution in [1.82, 2.24) is 0 Å². The number of nitrogens with one attached hydrogen (secondary N) is 1. The van der Waals surface area contributed by atoms with Crippen LogP contribution >= 0.6 is 0 Å². The van der Waals surface area contributed by atoms with Gasteiger partial charge in [0.25, 0.3) is 0 Å². The van der Waals surface area contributed by atoms with Gasteiger partial charge in [0, 0.05) is 5.69 Å². The molecule has 0 radical (unpaired) electrons. The maximum Gasteiger partial charge on any atom is 0.248 e. The molecule has 0 spiro atoms. The van der Waals surface area contributed by atoms with Gasteiger partial charge < -0.3 is 5.32 Å². The van der Waals surface area contributed by atoms with Crippen LogP contribution in [-0.2, 0) is 14.8 Å². The van der Waals surface area contributed by atoms with Gasteiger partial charge in [-0.1, -0.05) is 37.3 Å². The minimum absolute atomic E-state index is 0.336. The molecule has 1 N–H and O–H groups in total. The molecular formula is C20H26N2O3S. The number of rotatable bonds is 6. The topological polar surface area (TPSA) is 66.5 Å². The number of para-hydroxylation sites is 1. The van der Waals surface area contributed by atoms with E-state index in [1.165, 1.54) is 4.31 Å². The zero-order valence-corrected chi connectivity index (χ0v) is 16.7. The molecule has 0 bridgehead atoms. The molecule has 6 heteroatoms. The Morgan fingerprint density at radius 2 is 1.65 bits per heavy atom. The number of carbonyl (C=O) groups is 1. The van der Waals surface area contributed by atoms with E-state index in [0.29, 0.717) is 12.1 Å². The van der Waals surface area contributed by atoms with E-state index in [1.54, 1.807) is 18.2 Å². The Labute approximate surface area is 156 Å². The summed E-state index contributed by atoms with van der Waals surface area (Å²) < 4.78 is 26.2. The van der Waals surface area contributed by atoms with E-state index >= 15 is 0 Å². The van der Waals surface area contributed by atoms with E-state index in [4.69, 9.17) is 0 Å². The lowest BCUT2D eigenvalue weighted by Gasteiger charge is -2.30. The number of hydrogen-bond acceptors (Lipinski definition) is 3. The molecule has 2 aromatic carbocycles. The lowest BCUT2D eigenvalue weighted by molar-refractivity contribution is -0.117. The molecule has 2 aromatic rings. The first kappa shape index (κ1) is 20.0. The van der Waals surface area contributed by atoms with Crippen molar-refractivity contribution in [2.75, 3.05) is 15.9 Å². The highest BCUT2D eigenvalue weighted by Gasteiger charge is 2.31. The SMILES string of the molecule is CC[C@H](C(=O)Nc1c(C)cccc1C)N(c1cccc(C)c1)S(C)(=O)=O. The van der Waals surface area contributed by atoms with E-state index in [1.807, 2.05) is 52.0 Å². The number of aryl methyl sites for hydroxylation is 3. The van der Waals surface area contributed by atoms with Gasteiger partial charge in [0.1, 0.15) is 6.04 Å². The van der Waals surface area contributed by atoms with Crippen LogP contribution in [0.15, 0.2) is 42.5 Å². The van der Waals surface area contributed by atoms with Gasteiger partial charge in [0.2, 0.25) is 15.9 Å². The third kappa shape index (κ3) is 4.43. The summed E-state index contributed by atoms with van der Waals surface area (Å²) in [4.78, 5) is 13.0. The molecule has 0 aliphatic heterocycles. The summed E-state index contributed by atoms with van der Waals surface area (Å²) in [5.41, 5.74) is 4.04. The molecule has 2 rings (SSSR count). The smallest absolute Gasteiger partial charge is 0.248 e. The minimum atomic E-state index is -3.63. The molecule has 140 valence electrons. The van der Waals surface area contributed by atoms with E-state index < -0.39 is 16.1 Å². The molecule has 0 fully saturated rings. The molecule has 1 amide bonds. The van der Waals surface area contributed by atoms with E-state index in [-0.39, 0.29) is 5.91 Å². The third-order valence-corrected chi connectivity index (χ3v) is 5.50. The normalized spacial score (nSPS) is 12.5. The Kier molecular flexibility index (Phi) is 6.08. The van der Waals surface area contributed by atoms with Gasteiger partial charge in [-0.15, -0.1) is 0 Å². The van der Waals surface area contributed by atoms with Gasteiger partial charge in [-0.25, -0.2) is 8.42 Å². The Balaban J connectivity index is 2.43. The lowest BCUT2D eigenvalue weighted by atomic mass is 10.1. The number of amides is 1. The van der Waals surface area contributed by atoms with Crippen molar-refractivity contribution >= 4 is 27.3 Å². The third-order valence-electron chi connectivity index (χ3n) is 4.32. The molecular weight excluding hydrogens is 348 g/mol. The lowest BCUT2D eigenvalue weighted by Crippen LogP contribution is -2.47. The summed E-state index contributed by atoms with van der Waals surface area (Å²) in [6.07, 6.45) is 1.49. The van der Waals surface area contributed by atoms with Crippen LogP contribution in [0.5, 0.6) is 0 Å². The summed E-state index contributed by atoms with van der Waals surface area (Å²) in [5, 5.41) is 2.92. The monoisotopic (exact) mass is 374 g/mol. The average molecular weight is 375 g/mol. The van der Waals surface area contributed by atoms with Crippen molar-refractivity contribution in [3.05, 3.63) is 59.2 Å². The Morgan fingerprint density at radius 1 is 1.08 bits per heavy atom. The second-order valence-electron chi connectivity index (χ2n) is 6.58. The van der Waals surface area contributed by atoms with Crippen molar-refractivity contribution in [2.45, 2.75) is 40.2 Å². The molecule has 5 nitrogen and oxygen atoms in total. The number of carbonyl (C=O) groups excluding carboxylic acids is 1. The van der Waals surface area contributed by atoms with E-state index in [2.05, 4.69) is 5.32 Å². The molecule has 0 saturated heterocycles. The largest absolute Gasteiger partial charge is 0.324 e. The molecule has 1 atom stereocenters. The molecule has 0 unspecified atom stereocenters. The van der Waals surface area contributed by atoms with Gasteiger partial charge >= 0.3 is 0 Å². The van der Waals surface area contributed by atoms with Crippen molar-refractivity contribution in [1.29, 1.82) is 0 Å². The molecule has 0 aliphatic rings. The summed E-state index contributed by atoms with van der Waals surface area (Å²) in [6, 6.07) is 12.1. The Morgan fingerprint density at radius 3 is 2.15 bits per heavy atom. The molecule has 0 heterocycles. The maximum atomic E-state index is 13.0. The fraction of sp³-hybridized carbons (Fsp3) is 0.350. The zero-order chi connectivity index (χ0) is 19.5. The zero-order valence-electron chi connectivity index (χ0n) is 15.9. The molecule has 0 aromatic heterocycles. The summed E-state index contributed by atoms with van der Waals surface area (Å²) in [6.45, 7) is 7.53. The Bertz CT molecular complexity index is 887. The quantitative estimate of drug-likeness (QED) is 0.836. The van der Waals surface area contributed by atoms with Crippen LogP contribution in [0, 0.1) is 20.8 Å². The highest BCUT2D eigenvalue weighted by atomic mass is 32.2. The van der Waals surface area contributed by atoms with E-state index in [9.17, 15) is 13.2 Å². The van der Waals surface area contributed by atoms with Crippen LogP contribution in [0.2, 0.25) is 0 Å². The van der Waals surface area contributed by atoms with Crippen LogP contribution in [0.25, 0.3) is 0 Å². The maximum absolute atomic E-state index is 13.0. The van der Waals surface area contributed by atoms with E-state index in [0.717, 1.165) is 28.6 Å².